The molecule has 1 aliphatic rings. The number of carbonyl (C=O) groups excluding carboxylic acids is 1. The molecule has 0 saturated carbocycles. The number of likely N-dealkylation sites (N-methyl/N-ethyl adjacent to an activating group) is 1. The van der Waals surface area contributed by atoms with Crippen molar-refractivity contribution in [2.75, 3.05) is 47.1 Å². The van der Waals surface area contributed by atoms with E-state index < -0.39 is 29.2 Å². The Morgan fingerprint density at radius 2 is 1.93 bits per heavy atom. The Labute approximate surface area is 256 Å². The van der Waals surface area contributed by atoms with Gasteiger partial charge in [0.15, 0.2) is 0 Å². The van der Waals surface area contributed by atoms with Gasteiger partial charge in [0, 0.05) is 37.9 Å². The minimum atomic E-state index is -0.974. The quantitative estimate of drug-likeness (QED) is 0.220. The first-order valence-corrected chi connectivity index (χ1v) is 15.1. The molecule has 2 atom stereocenters. The second-order valence-corrected chi connectivity index (χ2v) is 11.4. The molecule has 44 heavy (non-hydrogen) atoms. The average Bonchev–Trinajstić information content (AvgIpc) is 3.66. The maximum Gasteiger partial charge on any atom is 0.332 e. The van der Waals surface area contributed by atoms with E-state index in [1.807, 2.05) is 0 Å². The molecule has 15 heteroatoms. The van der Waals surface area contributed by atoms with Gasteiger partial charge in [-0.25, -0.2) is 13.8 Å². The van der Waals surface area contributed by atoms with Crippen LogP contribution in [0.4, 0.5) is 4.39 Å². The van der Waals surface area contributed by atoms with Crippen LogP contribution in [0.5, 0.6) is 5.75 Å². The van der Waals surface area contributed by atoms with Crippen LogP contribution in [0.1, 0.15) is 42.5 Å². The van der Waals surface area contributed by atoms with Crippen molar-refractivity contribution in [1.82, 2.24) is 29.0 Å². The molecule has 4 aromatic rings. The fourth-order valence-electron chi connectivity index (χ4n) is 5.43. The molecule has 1 saturated heterocycles. The van der Waals surface area contributed by atoms with E-state index in [-0.39, 0.29) is 37.7 Å². The molecule has 1 aromatic carbocycles. The number of hydrogen-bond donors (Lipinski definition) is 1. The lowest BCUT2D eigenvalue weighted by Gasteiger charge is -2.30. The number of fused-ring (bicyclic) bond motifs is 1. The molecule has 4 heterocycles. The first kappa shape index (κ1) is 31.5. The third-order valence-electron chi connectivity index (χ3n) is 7.64. The highest BCUT2D eigenvalue weighted by Gasteiger charge is 2.33. The highest BCUT2D eigenvalue weighted by molar-refractivity contribution is 7.21. The zero-order valence-corrected chi connectivity index (χ0v) is 25.6. The summed E-state index contributed by atoms with van der Waals surface area (Å²) >= 11 is 1.16. The first-order valence-electron chi connectivity index (χ1n) is 14.3. The normalized spacial score (nSPS) is 16.2. The lowest BCUT2D eigenvalue weighted by Crippen LogP contribution is -2.49. The van der Waals surface area contributed by atoms with E-state index in [9.17, 15) is 18.8 Å². The number of aliphatic hydroxyl groups excluding tert-OH is 1. The second-order valence-electron chi connectivity index (χ2n) is 10.5. The van der Waals surface area contributed by atoms with E-state index in [1.165, 1.54) is 52.0 Å². The molecule has 1 unspecified atom stereocenters. The molecule has 0 aliphatic carbocycles. The molecule has 1 fully saturated rings. The number of benzene rings is 1. The summed E-state index contributed by atoms with van der Waals surface area (Å²) in [5, 5.41) is 18.3. The summed E-state index contributed by atoms with van der Waals surface area (Å²) in [7, 11) is 3.10. The zero-order valence-electron chi connectivity index (χ0n) is 24.8. The van der Waals surface area contributed by atoms with Crippen molar-refractivity contribution in [3.8, 4) is 10.8 Å². The molecule has 1 N–H and O–H groups in total. The molecular formula is C29H35FN6O7S. The molecule has 0 radical (unpaired) electrons. The van der Waals surface area contributed by atoms with Gasteiger partial charge in [-0.1, -0.05) is 11.3 Å². The number of amides is 1. The fraction of sp³-hybridized carbons (Fsp3) is 0.483. The van der Waals surface area contributed by atoms with Crippen LogP contribution in [-0.2, 0) is 20.8 Å². The predicted molar refractivity (Wildman–Crippen MR) is 160 cm³/mol. The van der Waals surface area contributed by atoms with Gasteiger partial charge in [-0.3, -0.25) is 14.2 Å². The van der Waals surface area contributed by atoms with Crippen LogP contribution < -0.4 is 16.0 Å². The second kappa shape index (κ2) is 13.8. The molecule has 0 bridgehead atoms. The standard InChI is InChI=1S/C29H35FN6O7S/c1-18-24-26(39)35(21-6-4-11-33(2)25(21)38)29(40)34(28(24)44-27(18)36-31-9-10-32-36)17-23(43-15-14-42-13-5-12-37)20-16-19(30)7-8-22(20)41-3/h7-10,16,21,23,37H,4-6,11-15,17H2,1-3H3/t21?,23-/m0/s1. The molecule has 1 amide bonds. The maximum atomic E-state index is 14.6. The van der Waals surface area contributed by atoms with Gasteiger partial charge >= 0.3 is 5.69 Å². The Hall–Kier alpha value is -3.92. The third kappa shape index (κ3) is 6.18. The number of ether oxygens (including phenoxy) is 3. The highest BCUT2D eigenvalue weighted by Crippen LogP contribution is 2.34. The van der Waals surface area contributed by atoms with Crippen molar-refractivity contribution in [2.45, 2.75) is 44.9 Å². The number of piperidine rings is 1. The number of aryl methyl sites for hydroxylation is 1. The minimum absolute atomic E-state index is 0.00580. The number of nitrogens with zero attached hydrogens (tertiary/aromatic N) is 6. The van der Waals surface area contributed by atoms with Crippen LogP contribution >= 0.6 is 11.3 Å². The molecule has 3 aromatic heterocycles. The first-order chi connectivity index (χ1) is 21.3. The highest BCUT2D eigenvalue weighted by atomic mass is 32.1. The van der Waals surface area contributed by atoms with Crippen molar-refractivity contribution >= 4 is 27.5 Å². The van der Waals surface area contributed by atoms with Gasteiger partial charge in [0.2, 0.25) is 5.91 Å². The summed E-state index contributed by atoms with van der Waals surface area (Å²) in [5.74, 6) is -0.489. The Morgan fingerprint density at radius 3 is 2.66 bits per heavy atom. The largest absolute Gasteiger partial charge is 0.496 e. The van der Waals surface area contributed by atoms with Gasteiger partial charge in [0.25, 0.3) is 5.56 Å². The number of aromatic nitrogens is 5. The molecule has 0 spiro atoms. The van der Waals surface area contributed by atoms with Gasteiger partial charge in [-0.05, 0) is 44.4 Å². The van der Waals surface area contributed by atoms with E-state index in [2.05, 4.69) is 10.2 Å². The zero-order chi connectivity index (χ0) is 31.4. The lowest BCUT2D eigenvalue weighted by atomic mass is 10.0. The van der Waals surface area contributed by atoms with Crippen molar-refractivity contribution in [3.63, 3.8) is 0 Å². The van der Waals surface area contributed by atoms with Gasteiger partial charge < -0.3 is 24.2 Å². The Balaban J connectivity index is 1.67. The number of halogens is 1. The van der Waals surface area contributed by atoms with Gasteiger partial charge in [0.1, 0.15) is 33.5 Å². The molecule has 236 valence electrons. The summed E-state index contributed by atoms with van der Waals surface area (Å²) in [6.45, 7) is 2.76. The van der Waals surface area contributed by atoms with Gasteiger partial charge in [-0.2, -0.15) is 10.2 Å². The van der Waals surface area contributed by atoms with Crippen LogP contribution in [0.15, 0.2) is 40.2 Å². The van der Waals surface area contributed by atoms with Crippen molar-refractivity contribution in [1.29, 1.82) is 0 Å². The van der Waals surface area contributed by atoms with Crippen molar-refractivity contribution in [3.05, 3.63) is 68.4 Å². The summed E-state index contributed by atoms with van der Waals surface area (Å²) in [6.07, 6.45) is 3.54. The monoisotopic (exact) mass is 630 g/mol. The van der Waals surface area contributed by atoms with Gasteiger partial charge in [-0.15, -0.1) is 4.80 Å². The number of rotatable bonds is 13. The molecule has 1 aliphatic heterocycles. The average molecular weight is 631 g/mol. The SMILES string of the molecule is COc1ccc(F)cc1[C@H](Cn1c(=O)n(C2CCCN(C)C2=O)c(=O)c2c(C)c(-n3nccn3)sc21)OCCOCCCO. The summed E-state index contributed by atoms with van der Waals surface area (Å²) < 4.78 is 34.2. The topological polar surface area (TPSA) is 143 Å². The van der Waals surface area contributed by atoms with E-state index in [4.69, 9.17) is 19.3 Å². The number of likely N-dealkylation sites (tertiary alicyclic amines) is 1. The number of methoxy groups -OCH3 is 1. The third-order valence-corrected chi connectivity index (χ3v) is 8.92. The smallest absolute Gasteiger partial charge is 0.332 e. The lowest BCUT2D eigenvalue weighted by molar-refractivity contribution is -0.136. The minimum Gasteiger partial charge on any atom is -0.496 e. The van der Waals surface area contributed by atoms with Crippen molar-refractivity contribution in [2.24, 2.45) is 0 Å². The van der Waals surface area contributed by atoms with E-state index in [1.54, 1.807) is 14.0 Å². The Kier molecular flexibility index (Phi) is 9.88. The van der Waals surface area contributed by atoms with Crippen LogP contribution in [0.3, 0.4) is 0 Å². The maximum absolute atomic E-state index is 14.6. The van der Waals surface area contributed by atoms with E-state index >= 15 is 0 Å². The summed E-state index contributed by atoms with van der Waals surface area (Å²) in [5.41, 5.74) is -0.333. The Morgan fingerprint density at radius 1 is 1.16 bits per heavy atom. The number of thiophene rings is 1. The number of hydrogen-bond acceptors (Lipinski definition) is 10. The van der Waals surface area contributed by atoms with Crippen LogP contribution in [0.2, 0.25) is 0 Å². The van der Waals surface area contributed by atoms with E-state index in [0.717, 1.165) is 15.9 Å². The van der Waals surface area contributed by atoms with E-state index in [0.29, 0.717) is 59.1 Å². The molecule has 5 rings (SSSR count). The molecular weight excluding hydrogens is 595 g/mol. The number of carbonyl (C=O) groups is 1. The summed E-state index contributed by atoms with van der Waals surface area (Å²) in [6, 6.07) is 3.05. The van der Waals surface area contributed by atoms with Crippen LogP contribution in [0.25, 0.3) is 15.2 Å². The summed E-state index contributed by atoms with van der Waals surface area (Å²) in [4.78, 5) is 44.9. The fourth-order valence-corrected chi connectivity index (χ4v) is 6.65. The van der Waals surface area contributed by atoms with Crippen LogP contribution in [-0.4, -0.2) is 87.2 Å². The molecule has 13 nitrogen and oxygen atoms in total. The van der Waals surface area contributed by atoms with Crippen molar-refractivity contribution < 1.29 is 28.5 Å². The van der Waals surface area contributed by atoms with Gasteiger partial charge in [0.05, 0.1) is 44.6 Å². The number of aliphatic hydroxyl groups is 1. The Bertz CT molecular complexity index is 1730. The van der Waals surface area contributed by atoms with Crippen LogP contribution in [0, 0.1) is 12.7 Å². The predicted octanol–water partition coefficient (Wildman–Crippen LogP) is 2.21.